The fourth-order valence-corrected chi connectivity index (χ4v) is 2.59. The van der Waals surface area contributed by atoms with Crippen LogP contribution in [0.3, 0.4) is 0 Å². The Morgan fingerprint density at radius 3 is 2.30 bits per heavy atom. The molecule has 2 aromatic carbocycles. The summed E-state index contributed by atoms with van der Waals surface area (Å²) in [7, 11) is 0. The minimum Gasteiger partial charge on any atom is -0.489 e. The van der Waals surface area contributed by atoms with Gasteiger partial charge in [0.1, 0.15) is 12.4 Å². The van der Waals surface area contributed by atoms with E-state index in [2.05, 4.69) is 32.9 Å². The van der Waals surface area contributed by atoms with Crippen LogP contribution in [0.1, 0.15) is 27.8 Å². The van der Waals surface area contributed by atoms with E-state index in [0.717, 1.165) is 0 Å². The third kappa shape index (κ3) is 3.33. The largest absolute Gasteiger partial charge is 0.489 e. The molecule has 0 aliphatic heterocycles. The van der Waals surface area contributed by atoms with Crippen LogP contribution in [0.5, 0.6) is 5.75 Å². The Hall–Kier alpha value is -1.51. The van der Waals surface area contributed by atoms with E-state index < -0.39 is 0 Å². The number of benzene rings is 2. The zero-order valence-corrected chi connectivity index (χ0v) is 12.8. The van der Waals surface area contributed by atoms with Crippen LogP contribution >= 0.6 is 11.6 Å². The van der Waals surface area contributed by atoms with Gasteiger partial charge in [-0.25, -0.2) is 0 Å². The van der Waals surface area contributed by atoms with Crippen LogP contribution < -0.4 is 4.74 Å². The third-order valence-corrected chi connectivity index (χ3v) is 3.64. The summed E-state index contributed by atoms with van der Waals surface area (Å²) in [6.45, 7) is 6.68. The average Bonchev–Trinajstić information content (AvgIpc) is 2.38. The summed E-state index contributed by atoms with van der Waals surface area (Å²) < 4.78 is 5.85. The van der Waals surface area contributed by atoms with Gasteiger partial charge in [0, 0.05) is 10.6 Å². The van der Waals surface area contributed by atoms with Crippen LogP contribution in [0.2, 0.25) is 5.02 Å². The molecule has 0 atom stereocenters. The van der Waals surface area contributed by atoms with Crippen molar-refractivity contribution in [2.24, 2.45) is 0 Å². The molecule has 2 aromatic rings. The number of hydrogen-bond donors (Lipinski definition) is 1. The molecule has 0 aromatic heterocycles. The van der Waals surface area contributed by atoms with Crippen LogP contribution in [-0.2, 0) is 13.2 Å². The van der Waals surface area contributed by atoms with Crippen LogP contribution in [0, 0.1) is 20.8 Å². The van der Waals surface area contributed by atoms with Gasteiger partial charge in [0.2, 0.25) is 0 Å². The van der Waals surface area contributed by atoms with Crippen molar-refractivity contribution in [2.75, 3.05) is 0 Å². The molecular formula is C17H19ClO2. The van der Waals surface area contributed by atoms with Gasteiger partial charge in [-0.1, -0.05) is 29.3 Å². The number of aliphatic hydroxyl groups is 1. The van der Waals surface area contributed by atoms with Gasteiger partial charge >= 0.3 is 0 Å². The lowest BCUT2D eigenvalue weighted by Gasteiger charge is -2.14. The summed E-state index contributed by atoms with van der Waals surface area (Å²) in [6.07, 6.45) is 0. The maximum Gasteiger partial charge on any atom is 0.125 e. The number of halogens is 1. The zero-order valence-electron chi connectivity index (χ0n) is 12.0. The van der Waals surface area contributed by atoms with Gasteiger partial charge in [-0.3, -0.25) is 0 Å². The standard InChI is InChI=1S/C17H19ClO2/c1-11-6-12(2)16(13(3)7-11)10-20-17-5-4-15(18)8-14(17)9-19/h4-8,19H,9-10H2,1-3H3. The topological polar surface area (TPSA) is 29.5 Å². The summed E-state index contributed by atoms with van der Waals surface area (Å²) in [5.41, 5.74) is 5.60. The minimum atomic E-state index is -0.0816. The average molecular weight is 291 g/mol. The van der Waals surface area contributed by atoms with Gasteiger partial charge in [0.25, 0.3) is 0 Å². The Balaban J connectivity index is 2.21. The van der Waals surface area contributed by atoms with E-state index in [4.69, 9.17) is 16.3 Å². The van der Waals surface area contributed by atoms with Gasteiger partial charge in [0.15, 0.2) is 0 Å². The summed E-state index contributed by atoms with van der Waals surface area (Å²) >= 11 is 5.91. The maximum absolute atomic E-state index is 9.35. The van der Waals surface area contributed by atoms with Crippen molar-refractivity contribution in [3.63, 3.8) is 0 Å². The van der Waals surface area contributed by atoms with E-state index in [1.165, 1.54) is 22.3 Å². The van der Waals surface area contributed by atoms with Gasteiger partial charge in [-0.15, -0.1) is 0 Å². The minimum absolute atomic E-state index is 0.0816. The number of ether oxygens (including phenoxy) is 1. The zero-order chi connectivity index (χ0) is 14.7. The molecule has 106 valence electrons. The Bertz CT molecular complexity index is 597. The number of aliphatic hydroxyl groups excluding tert-OH is 1. The van der Waals surface area contributed by atoms with E-state index >= 15 is 0 Å². The maximum atomic E-state index is 9.35. The van der Waals surface area contributed by atoms with Crippen LogP contribution in [0.15, 0.2) is 30.3 Å². The Labute approximate surface area is 125 Å². The lowest BCUT2D eigenvalue weighted by atomic mass is 10.0. The number of rotatable bonds is 4. The van der Waals surface area contributed by atoms with E-state index in [1.54, 1.807) is 18.2 Å². The normalized spacial score (nSPS) is 10.7. The van der Waals surface area contributed by atoms with Gasteiger partial charge in [0.05, 0.1) is 6.61 Å². The quantitative estimate of drug-likeness (QED) is 0.908. The van der Waals surface area contributed by atoms with Gasteiger partial charge in [-0.2, -0.15) is 0 Å². The molecule has 0 aliphatic rings. The van der Waals surface area contributed by atoms with Crippen molar-refractivity contribution < 1.29 is 9.84 Å². The second-order valence-corrected chi connectivity index (χ2v) is 5.51. The lowest BCUT2D eigenvalue weighted by molar-refractivity contribution is 0.258. The third-order valence-electron chi connectivity index (χ3n) is 3.41. The fourth-order valence-electron chi connectivity index (χ4n) is 2.40. The molecule has 3 heteroatoms. The molecule has 20 heavy (non-hydrogen) atoms. The highest BCUT2D eigenvalue weighted by molar-refractivity contribution is 6.30. The van der Waals surface area contributed by atoms with Crippen molar-refractivity contribution in [3.05, 3.63) is 63.2 Å². The van der Waals surface area contributed by atoms with E-state index in [9.17, 15) is 5.11 Å². The molecule has 0 bridgehead atoms. The second kappa shape index (κ2) is 6.29. The molecule has 0 heterocycles. The predicted octanol–water partition coefficient (Wildman–Crippen LogP) is 4.34. The van der Waals surface area contributed by atoms with Crippen molar-refractivity contribution >= 4 is 11.6 Å². The molecule has 0 saturated heterocycles. The summed E-state index contributed by atoms with van der Waals surface area (Å²) in [5.74, 6) is 0.677. The first-order valence-corrected chi connectivity index (χ1v) is 6.98. The molecule has 1 N–H and O–H groups in total. The van der Waals surface area contributed by atoms with Crippen molar-refractivity contribution in [2.45, 2.75) is 34.0 Å². The molecule has 2 rings (SSSR count). The first kappa shape index (κ1) is 14.9. The summed E-state index contributed by atoms with van der Waals surface area (Å²) in [4.78, 5) is 0. The van der Waals surface area contributed by atoms with Crippen LogP contribution in [0.4, 0.5) is 0 Å². The molecule has 0 radical (unpaired) electrons. The van der Waals surface area contributed by atoms with E-state index in [-0.39, 0.29) is 6.61 Å². The Morgan fingerprint density at radius 1 is 1.05 bits per heavy atom. The number of hydrogen-bond acceptors (Lipinski definition) is 2. The summed E-state index contributed by atoms with van der Waals surface area (Å²) in [5, 5.41) is 9.95. The van der Waals surface area contributed by atoms with E-state index in [0.29, 0.717) is 22.9 Å². The highest BCUT2D eigenvalue weighted by atomic mass is 35.5. The van der Waals surface area contributed by atoms with E-state index in [1.807, 2.05) is 0 Å². The SMILES string of the molecule is Cc1cc(C)c(COc2ccc(Cl)cc2CO)c(C)c1. The summed E-state index contributed by atoms with van der Waals surface area (Å²) in [6, 6.07) is 9.60. The molecule has 2 nitrogen and oxygen atoms in total. The lowest BCUT2D eigenvalue weighted by Crippen LogP contribution is -2.03. The smallest absolute Gasteiger partial charge is 0.125 e. The first-order valence-electron chi connectivity index (χ1n) is 6.60. The monoisotopic (exact) mass is 290 g/mol. The molecule has 0 aliphatic carbocycles. The Kier molecular flexibility index (Phi) is 4.69. The fraction of sp³-hybridized carbons (Fsp3) is 0.294. The van der Waals surface area contributed by atoms with Crippen molar-refractivity contribution in [1.29, 1.82) is 0 Å². The molecular weight excluding hydrogens is 272 g/mol. The van der Waals surface area contributed by atoms with Crippen LogP contribution in [0.25, 0.3) is 0 Å². The molecule has 0 fully saturated rings. The van der Waals surface area contributed by atoms with Crippen molar-refractivity contribution in [3.8, 4) is 5.75 Å². The molecule has 0 spiro atoms. The first-order chi connectivity index (χ1) is 9.51. The van der Waals surface area contributed by atoms with Crippen molar-refractivity contribution in [1.82, 2.24) is 0 Å². The predicted molar refractivity (Wildman–Crippen MR) is 82.4 cm³/mol. The highest BCUT2D eigenvalue weighted by Crippen LogP contribution is 2.25. The Morgan fingerprint density at radius 2 is 1.70 bits per heavy atom. The van der Waals surface area contributed by atoms with Gasteiger partial charge in [-0.05, 0) is 55.7 Å². The highest BCUT2D eigenvalue weighted by Gasteiger charge is 2.08. The van der Waals surface area contributed by atoms with Crippen LogP contribution in [-0.4, -0.2) is 5.11 Å². The molecule has 0 unspecified atom stereocenters. The molecule has 0 amide bonds. The molecule has 0 saturated carbocycles. The van der Waals surface area contributed by atoms with Gasteiger partial charge < -0.3 is 9.84 Å². The second-order valence-electron chi connectivity index (χ2n) is 5.08. The number of aryl methyl sites for hydroxylation is 3.